The summed E-state index contributed by atoms with van der Waals surface area (Å²) in [6, 6.07) is 8.93. The third-order valence-electron chi connectivity index (χ3n) is 3.24. The van der Waals surface area contributed by atoms with Crippen molar-refractivity contribution >= 4 is 11.6 Å². The lowest BCUT2D eigenvalue weighted by Crippen LogP contribution is -2.33. The van der Waals surface area contributed by atoms with Crippen molar-refractivity contribution in [3.8, 4) is 0 Å². The van der Waals surface area contributed by atoms with E-state index in [4.69, 9.17) is 17.3 Å². The maximum Gasteiger partial charge on any atom is 0.0406 e. The smallest absolute Gasteiger partial charge is 0.0406 e. The van der Waals surface area contributed by atoms with Crippen LogP contribution >= 0.6 is 11.6 Å². The monoisotopic (exact) mass is 240 g/mol. The van der Waals surface area contributed by atoms with Crippen LogP contribution in [-0.2, 0) is 0 Å². The molecule has 0 radical (unpaired) electrons. The summed E-state index contributed by atoms with van der Waals surface area (Å²) in [5, 5.41) is 0.786. The van der Waals surface area contributed by atoms with E-state index < -0.39 is 0 Å². The Morgan fingerprint density at radius 1 is 1.25 bits per heavy atom. The van der Waals surface area contributed by atoms with Crippen molar-refractivity contribution in [1.82, 2.24) is 4.90 Å². The van der Waals surface area contributed by atoms with E-state index in [1.165, 1.54) is 5.56 Å². The van der Waals surface area contributed by atoms with E-state index in [1.807, 2.05) is 12.1 Å². The molecule has 0 aromatic heterocycles. The van der Waals surface area contributed by atoms with Crippen LogP contribution in [0.1, 0.15) is 31.9 Å². The van der Waals surface area contributed by atoms with Crippen LogP contribution in [0.3, 0.4) is 0 Å². The summed E-state index contributed by atoms with van der Waals surface area (Å²) >= 11 is 5.88. The molecule has 0 aliphatic carbocycles. The fourth-order valence-electron chi connectivity index (χ4n) is 1.80. The van der Waals surface area contributed by atoms with Gasteiger partial charge in [-0.15, -0.1) is 0 Å². The van der Waals surface area contributed by atoms with Crippen LogP contribution in [0.25, 0.3) is 0 Å². The van der Waals surface area contributed by atoms with Crippen LogP contribution in [0.2, 0.25) is 5.02 Å². The zero-order valence-electron chi connectivity index (χ0n) is 10.3. The minimum absolute atomic E-state index is 0.388. The highest BCUT2D eigenvalue weighted by Gasteiger charge is 2.16. The van der Waals surface area contributed by atoms with E-state index in [1.54, 1.807) is 0 Å². The SMILES string of the molecule is CC(CCN)N(C)C(C)c1ccc(Cl)cc1. The van der Waals surface area contributed by atoms with Gasteiger partial charge in [0.15, 0.2) is 0 Å². The normalized spacial score (nSPS) is 15.1. The number of rotatable bonds is 5. The molecule has 1 aromatic carbocycles. The maximum absolute atomic E-state index is 5.88. The van der Waals surface area contributed by atoms with Gasteiger partial charge in [0.1, 0.15) is 0 Å². The highest BCUT2D eigenvalue weighted by Crippen LogP contribution is 2.22. The van der Waals surface area contributed by atoms with E-state index in [9.17, 15) is 0 Å². The summed E-state index contributed by atoms with van der Waals surface area (Å²) in [5.41, 5.74) is 6.87. The van der Waals surface area contributed by atoms with Crippen molar-refractivity contribution in [2.45, 2.75) is 32.4 Å². The minimum atomic E-state index is 0.388. The summed E-state index contributed by atoms with van der Waals surface area (Å²) in [7, 11) is 2.14. The van der Waals surface area contributed by atoms with Gasteiger partial charge >= 0.3 is 0 Å². The number of hydrogen-bond acceptors (Lipinski definition) is 2. The molecule has 0 saturated carbocycles. The highest BCUT2D eigenvalue weighted by atomic mass is 35.5. The molecule has 0 aliphatic rings. The molecule has 3 heteroatoms. The molecule has 0 bridgehead atoms. The molecule has 2 nitrogen and oxygen atoms in total. The summed E-state index contributed by atoms with van der Waals surface area (Å²) < 4.78 is 0. The van der Waals surface area contributed by atoms with E-state index in [-0.39, 0.29) is 0 Å². The molecular formula is C13H21ClN2. The molecular weight excluding hydrogens is 220 g/mol. The number of benzene rings is 1. The van der Waals surface area contributed by atoms with E-state index in [2.05, 4.69) is 37.9 Å². The number of nitrogens with two attached hydrogens (primary N) is 1. The van der Waals surface area contributed by atoms with Crippen LogP contribution < -0.4 is 5.73 Å². The fraction of sp³-hybridized carbons (Fsp3) is 0.538. The van der Waals surface area contributed by atoms with Crippen molar-refractivity contribution < 1.29 is 0 Å². The first-order valence-corrected chi connectivity index (χ1v) is 6.11. The molecule has 0 aliphatic heterocycles. The second kappa shape index (κ2) is 6.24. The molecule has 0 heterocycles. The second-order valence-electron chi connectivity index (χ2n) is 4.32. The van der Waals surface area contributed by atoms with Crippen LogP contribution in [-0.4, -0.2) is 24.5 Å². The molecule has 1 aromatic rings. The first kappa shape index (κ1) is 13.5. The van der Waals surface area contributed by atoms with Crippen molar-refractivity contribution in [1.29, 1.82) is 0 Å². The minimum Gasteiger partial charge on any atom is -0.330 e. The Morgan fingerprint density at radius 3 is 2.31 bits per heavy atom. The third-order valence-corrected chi connectivity index (χ3v) is 3.49. The summed E-state index contributed by atoms with van der Waals surface area (Å²) in [4.78, 5) is 2.34. The van der Waals surface area contributed by atoms with Crippen molar-refractivity contribution in [3.63, 3.8) is 0 Å². The molecule has 0 fully saturated rings. The van der Waals surface area contributed by atoms with Gasteiger partial charge in [-0.2, -0.15) is 0 Å². The van der Waals surface area contributed by atoms with Crippen molar-refractivity contribution in [2.75, 3.05) is 13.6 Å². The van der Waals surface area contributed by atoms with Crippen LogP contribution in [0.15, 0.2) is 24.3 Å². The quantitative estimate of drug-likeness (QED) is 0.857. The van der Waals surface area contributed by atoms with Crippen molar-refractivity contribution in [2.24, 2.45) is 5.73 Å². The molecule has 2 atom stereocenters. The van der Waals surface area contributed by atoms with Gasteiger partial charge in [0.2, 0.25) is 0 Å². The summed E-state index contributed by atoms with van der Waals surface area (Å²) in [6.45, 7) is 5.15. The molecule has 1 rings (SSSR count). The topological polar surface area (TPSA) is 29.3 Å². The fourth-order valence-corrected chi connectivity index (χ4v) is 1.93. The average Bonchev–Trinajstić information content (AvgIpc) is 2.28. The Morgan fingerprint density at radius 2 is 1.81 bits per heavy atom. The Hall–Kier alpha value is -0.570. The molecule has 2 N–H and O–H groups in total. The molecule has 0 spiro atoms. The highest BCUT2D eigenvalue weighted by molar-refractivity contribution is 6.30. The molecule has 0 amide bonds. The van der Waals surface area contributed by atoms with Crippen LogP contribution in [0.5, 0.6) is 0 Å². The Balaban J connectivity index is 2.69. The largest absolute Gasteiger partial charge is 0.330 e. The van der Waals surface area contributed by atoms with Gasteiger partial charge < -0.3 is 5.73 Å². The number of halogens is 1. The van der Waals surface area contributed by atoms with Gasteiger partial charge in [0.05, 0.1) is 0 Å². The number of nitrogens with zero attached hydrogens (tertiary/aromatic N) is 1. The average molecular weight is 241 g/mol. The van der Waals surface area contributed by atoms with Gasteiger partial charge in [-0.3, -0.25) is 4.90 Å². The molecule has 90 valence electrons. The summed E-state index contributed by atoms with van der Waals surface area (Å²) in [5.74, 6) is 0. The Kier molecular flexibility index (Phi) is 5.26. The van der Waals surface area contributed by atoms with E-state index >= 15 is 0 Å². The van der Waals surface area contributed by atoms with Gasteiger partial charge in [-0.25, -0.2) is 0 Å². The second-order valence-corrected chi connectivity index (χ2v) is 4.76. The Labute approximate surface area is 103 Å². The van der Waals surface area contributed by atoms with E-state index in [0.717, 1.165) is 18.0 Å². The van der Waals surface area contributed by atoms with Gasteiger partial charge in [-0.1, -0.05) is 23.7 Å². The molecule has 0 saturated heterocycles. The first-order valence-electron chi connectivity index (χ1n) is 5.73. The van der Waals surface area contributed by atoms with Crippen LogP contribution in [0, 0.1) is 0 Å². The third kappa shape index (κ3) is 3.48. The molecule has 2 unspecified atom stereocenters. The van der Waals surface area contributed by atoms with Gasteiger partial charge in [0, 0.05) is 17.1 Å². The lowest BCUT2D eigenvalue weighted by molar-refractivity contribution is 0.190. The zero-order valence-corrected chi connectivity index (χ0v) is 11.0. The standard InChI is InChI=1S/C13H21ClN2/c1-10(8-9-15)16(3)11(2)12-4-6-13(14)7-5-12/h4-7,10-11H,8-9,15H2,1-3H3. The number of hydrogen-bond donors (Lipinski definition) is 1. The first-order chi connectivity index (χ1) is 7.56. The predicted octanol–water partition coefficient (Wildman–Crippen LogP) is 3.07. The zero-order chi connectivity index (χ0) is 12.1. The van der Waals surface area contributed by atoms with E-state index in [0.29, 0.717) is 12.1 Å². The van der Waals surface area contributed by atoms with Gasteiger partial charge in [-0.05, 0) is 51.6 Å². The molecule has 16 heavy (non-hydrogen) atoms. The Bertz CT molecular complexity index is 310. The van der Waals surface area contributed by atoms with Crippen molar-refractivity contribution in [3.05, 3.63) is 34.9 Å². The van der Waals surface area contributed by atoms with Gasteiger partial charge in [0.25, 0.3) is 0 Å². The van der Waals surface area contributed by atoms with Crippen LogP contribution in [0.4, 0.5) is 0 Å². The summed E-state index contributed by atoms with van der Waals surface area (Å²) in [6.07, 6.45) is 1.02. The maximum atomic E-state index is 5.88. The lowest BCUT2D eigenvalue weighted by atomic mass is 10.1. The lowest BCUT2D eigenvalue weighted by Gasteiger charge is -2.31. The predicted molar refractivity (Wildman–Crippen MR) is 70.8 cm³/mol.